The van der Waals surface area contributed by atoms with E-state index < -0.39 is 6.04 Å². The molecule has 0 saturated heterocycles. The third kappa shape index (κ3) is 4.33. The van der Waals surface area contributed by atoms with Gasteiger partial charge in [-0.05, 0) is 34.9 Å². The van der Waals surface area contributed by atoms with Gasteiger partial charge >= 0.3 is 5.97 Å². The maximum atomic E-state index is 12.1. The van der Waals surface area contributed by atoms with Gasteiger partial charge in [0.15, 0.2) is 0 Å². The molecule has 0 aromatic carbocycles. The SMILES string of the molecule is CCOC(=O)C(NCCN(C)C)c1c(C)n[nH]c1C. The molecule has 0 radical (unpaired) electrons. The summed E-state index contributed by atoms with van der Waals surface area (Å²) in [6.07, 6.45) is 0. The minimum Gasteiger partial charge on any atom is -0.465 e. The van der Waals surface area contributed by atoms with Crippen LogP contribution in [0.25, 0.3) is 0 Å². The summed E-state index contributed by atoms with van der Waals surface area (Å²) in [6, 6.07) is -0.460. The van der Waals surface area contributed by atoms with Crippen molar-refractivity contribution in [3.05, 3.63) is 17.0 Å². The lowest BCUT2D eigenvalue weighted by molar-refractivity contribution is -0.145. The molecule has 108 valence electrons. The molecule has 1 atom stereocenters. The fourth-order valence-electron chi connectivity index (χ4n) is 1.95. The number of esters is 1. The van der Waals surface area contributed by atoms with E-state index in [1.54, 1.807) is 0 Å². The first kappa shape index (κ1) is 15.7. The van der Waals surface area contributed by atoms with Gasteiger partial charge in [-0.3, -0.25) is 10.4 Å². The molecule has 0 aliphatic carbocycles. The van der Waals surface area contributed by atoms with Gasteiger partial charge in [0.2, 0.25) is 0 Å². The second-order valence-electron chi connectivity index (χ2n) is 4.79. The highest BCUT2D eigenvalue weighted by molar-refractivity contribution is 5.78. The largest absolute Gasteiger partial charge is 0.465 e. The second kappa shape index (κ2) is 7.25. The fraction of sp³-hybridized carbons (Fsp3) is 0.692. The van der Waals surface area contributed by atoms with Gasteiger partial charge in [0, 0.05) is 24.3 Å². The number of likely N-dealkylation sites (N-methyl/N-ethyl adjacent to an activating group) is 1. The molecule has 2 N–H and O–H groups in total. The number of nitrogens with zero attached hydrogens (tertiary/aromatic N) is 2. The van der Waals surface area contributed by atoms with Gasteiger partial charge in [-0.15, -0.1) is 0 Å². The third-order valence-electron chi connectivity index (χ3n) is 2.90. The zero-order valence-electron chi connectivity index (χ0n) is 12.4. The van der Waals surface area contributed by atoms with E-state index in [-0.39, 0.29) is 5.97 Å². The van der Waals surface area contributed by atoms with Gasteiger partial charge < -0.3 is 9.64 Å². The normalized spacial score (nSPS) is 12.7. The molecule has 1 aromatic heterocycles. The van der Waals surface area contributed by atoms with Gasteiger partial charge in [-0.25, -0.2) is 4.79 Å². The van der Waals surface area contributed by atoms with Crippen LogP contribution < -0.4 is 5.32 Å². The molecule has 19 heavy (non-hydrogen) atoms. The summed E-state index contributed by atoms with van der Waals surface area (Å²) < 4.78 is 5.14. The number of hydrogen-bond donors (Lipinski definition) is 2. The van der Waals surface area contributed by atoms with Gasteiger partial charge in [0.05, 0.1) is 12.3 Å². The number of aromatic nitrogens is 2. The molecule has 0 aliphatic heterocycles. The lowest BCUT2D eigenvalue weighted by atomic mass is 10.1. The Bertz CT molecular complexity index is 395. The molecule has 0 amide bonds. The molecular formula is C13H24N4O2. The van der Waals surface area contributed by atoms with Crippen LogP contribution in [-0.4, -0.2) is 54.9 Å². The van der Waals surface area contributed by atoms with Crippen LogP contribution in [-0.2, 0) is 9.53 Å². The first-order valence-corrected chi connectivity index (χ1v) is 6.53. The average Bonchev–Trinajstić information content (AvgIpc) is 2.65. The van der Waals surface area contributed by atoms with Crippen molar-refractivity contribution in [2.45, 2.75) is 26.8 Å². The molecule has 1 rings (SSSR count). The van der Waals surface area contributed by atoms with Crippen LogP contribution in [0.5, 0.6) is 0 Å². The lowest BCUT2D eigenvalue weighted by Gasteiger charge is -2.19. The Hall–Kier alpha value is -1.40. The molecule has 0 saturated carbocycles. The second-order valence-corrected chi connectivity index (χ2v) is 4.79. The highest BCUT2D eigenvalue weighted by Crippen LogP contribution is 2.20. The zero-order valence-corrected chi connectivity index (χ0v) is 12.4. The quantitative estimate of drug-likeness (QED) is 0.715. The monoisotopic (exact) mass is 268 g/mol. The van der Waals surface area contributed by atoms with Gasteiger partial charge in [0.1, 0.15) is 6.04 Å². The third-order valence-corrected chi connectivity index (χ3v) is 2.90. The Kier molecular flexibility index (Phi) is 5.98. The summed E-state index contributed by atoms with van der Waals surface area (Å²) in [7, 11) is 3.99. The Morgan fingerprint density at radius 2 is 2.16 bits per heavy atom. The molecule has 0 fully saturated rings. The Morgan fingerprint density at radius 1 is 1.47 bits per heavy atom. The highest BCUT2D eigenvalue weighted by Gasteiger charge is 2.26. The van der Waals surface area contributed by atoms with E-state index in [0.717, 1.165) is 23.5 Å². The number of carbonyl (C=O) groups is 1. The van der Waals surface area contributed by atoms with Crippen LogP contribution >= 0.6 is 0 Å². The summed E-state index contributed by atoms with van der Waals surface area (Å²) in [4.78, 5) is 14.1. The van der Waals surface area contributed by atoms with Crippen LogP contribution in [0.15, 0.2) is 0 Å². The number of aryl methyl sites for hydroxylation is 2. The average molecular weight is 268 g/mol. The summed E-state index contributed by atoms with van der Waals surface area (Å²) in [5.74, 6) is -0.256. The van der Waals surface area contributed by atoms with E-state index >= 15 is 0 Å². The molecule has 6 heteroatoms. The number of ether oxygens (including phenoxy) is 1. The molecular weight excluding hydrogens is 244 g/mol. The maximum Gasteiger partial charge on any atom is 0.327 e. The van der Waals surface area contributed by atoms with Crippen LogP contribution in [0.2, 0.25) is 0 Å². The first-order chi connectivity index (χ1) is 8.97. The van der Waals surface area contributed by atoms with E-state index in [9.17, 15) is 4.79 Å². The molecule has 1 aromatic rings. The van der Waals surface area contributed by atoms with Crippen molar-refractivity contribution >= 4 is 5.97 Å². The standard InChI is InChI=1S/C13H24N4O2/c1-6-19-13(18)12(14-7-8-17(4)5)11-9(2)15-16-10(11)3/h12,14H,6-8H2,1-5H3,(H,15,16). The summed E-state index contributed by atoms with van der Waals surface area (Å²) in [6.45, 7) is 7.55. The van der Waals surface area contributed by atoms with Crippen molar-refractivity contribution in [3.8, 4) is 0 Å². The summed E-state index contributed by atoms with van der Waals surface area (Å²) >= 11 is 0. The minimum absolute atomic E-state index is 0.256. The number of carbonyl (C=O) groups excluding carboxylic acids is 1. The molecule has 0 bridgehead atoms. The zero-order chi connectivity index (χ0) is 14.4. The van der Waals surface area contributed by atoms with Gasteiger partial charge in [-0.2, -0.15) is 5.10 Å². The lowest BCUT2D eigenvalue weighted by Crippen LogP contribution is -2.35. The Balaban J connectivity index is 2.83. The van der Waals surface area contributed by atoms with Crippen molar-refractivity contribution in [2.24, 2.45) is 0 Å². The molecule has 1 heterocycles. The van der Waals surface area contributed by atoms with Crippen molar-refractivity contribution < 1.29 is 9.53 Å². The number of nitrogens with one attached hydrogen (secondary N) is 2. The molecule has 0 spiro atoms. The van der Waals surface area contributed by atoms with E-state index in [2.05, 4.69) is 20.4 Å². The molecule has 1 unspecified atom stereocenters. The van der Waals surface area contributed by atoms with Crippen molar-refractivity contribution in [3.63, 3.8) is 0 Å². The number of aromatic amines is 1. The minimum atomic E-state index is -0.460. The molecule has 6 nitrogen and oxygen atoms in total. The van der Waals surface area contributed by atoms with Crippen LogP contribution in [0.1, 0.15) is 29.9 Å². The van der Waals surface area contributed by atoms with Gasteiger partial charge in [-0.1, -0.05) is 0 Å². The topological polar surface area (TPSA) is 70.2 Å². The predicted octanol–water partition coefficient (Wildman–Crippen LogP) is 0.782. The summed E-state index contributed by atoms with van der Waals surface area (Å²) in [5, 5.41) is 10.3. The van der Waals surface area contributed by atoms with Crippen LogP contribution in [0, 0.1) is 13.8 Å². The van der Waals surface area contributed by atoms with E-state index in [4.69, 9.17) is 4.74 Å². The smallest absolute Gasteiger partial charge is 0.327 e. The molecule has 0 aliphatic rings. The number of H-pyrrole nitrogens is 1. The Labute approximate surface area is 114 Å². The Morgan fingerprint density at radius 3 is 2.63 bits per heavy atom. The fourth-order valence-corrected chi connectivity index (χ4v) is 1.95. The van der Waals surface area contributed by atoms with Crippen LogP contribution in [0.3, 0.4) is 0 Å². The predicted molar refractivity (Wildman–Crippen MR) is 74.0 cm³/mol. The highest BCUT2D eigenvalue weighted by atomic mass is 16.5. The maximum absolute atomic E-state index is 12.1. The van der Waals surface area contributed by atoms with Crippen molar-refractivity contribution in [2.75, 3.05) is 33.8 Å². The first-order valence-electron chi connectivity index (χ1n) is 6.53. The van der Waals surface area contributed by atoms with E-state index in [0.29, 0.717) is 13.2 Å². The summed E-state index contributed by atoms with van der Waals surface area (Å²) in [5.41, 5.74) is 2.61. The van der Waals surface area contributed by atoms with E-state index in [1.807, 2.05) is 34.9 Å². The number of hydrogen-bond acceptors (Lipinski definition) is 5. The van der Waals surface area contributed by atoms with E-state index in [1.165, 1.54) is 0 Å². The van der Waals surface area contributed by atoms with Gasteiger partial charge in [0.25, 0.3) is 0 Å². The number of rotatable bonds is 7. The van der Waals surface area contributed by atoms with Crippen molar-refractivity contribution in [1.29, 1.82) is 0 Å². The van der Waals surface area contributed by atoms with Crippen molar-refractivity contribution in [1.82, 2.24) is 20.4 Å². The van der Waals surface area contributed by atoms with Crippen LogP contribution in [0.4, 0.5) is 0 Å².